The van der Waals surface area contributed by atoms with Crippen molar-refractivity contribution in [2.75, 3.05) is 13.1 Å². The zero-order chi connectivity index (χ0) is 18.5. The van der Waals surface area contributed by atoms with Gasteiger partial charge in [0.1, 0.15) is 0 Å². The molecule has 0 aliphatic carbocycles. The van der Waals surface area contributed by atoms with E-state index in [1.165, 1.54) is 22.2 Å². The second-order valence-corrected chi connectivity index (χ2v) is 6.96. The molecule has 0 saturated carbocycles. The number of para-hydroxylation sites is 1. The molecule has 6 heteroatoms. The Hall–Kier alpha value is -2.50. The molecule has 0 bridgehead atoms. The number of urea groups is 1. The van der Waals surface area contributed by atoms with Crippen LogP contribution in [0.3, 0.4) is 0 Å². The van der Waals surface area contributed by atoms with Crippen LogP contribution in [0.4, 0.5) is 4.79 Å². The molecule has 3 rings (SSSR count). The fourth-order valence-electron chi connectivity index (χ4n) is 3.77. The smallest absolute Gasteiger partial charge is 0.317 e. The summed E-state index contributed by atoms with van der Waals surface area (Å²) < 4.78 is 2.25. The monoisotopic (exact) mass is 357 g/mol. The second-order valence-electron chi connectivity index (χ2n) is 6.96. The molecule has 0 spiro atoms. The van der Waals surface area contributed by atoms with Crippen molar-refractivity contribution in [3.8, 4) is 0 Å². The normalized spacial score (nSPS) is 13.7. The van der Waals surface area contributed by atoms with Gasteiger partial charge in [-0.15, -0.1) is 0 Å². The minimum absolute atomic E-state index is 0.00544. The molecule has 140 valence electrons. The van der Waals surface area contributed by atoms with Crippen molar-refractivity contribution >= 4 is 22.9 Å². The highest BCUT2D eigenvalue weighted by Gasteiger charge is 2.25. The van der Waals surface area contributed by atoms with E-state index in [0.717, 1.165) is 32.2 Å². The van der Waals surface area contributed by atoms with Crippen molar-refractivity contribution in [2.45, 2.75) is 45.1 Å². The van der Waals surface area contributed by atoms with Gasteiger partial charge in [-0.3, -0.25) is 4.79 Å². The number of benzene rings is 1. The lowest BCUT2D eigenvalue weighted by Gasteiger charge is -2.28. The van der Waals surface area contributed by atoms with Gasteiger partial charge in [-0.25, -0.2) is 4.79 Å². The number of nitrogens with zero attached hydrogens (tertiary/aromatic N) is 2. The van der Waals surface area contributed by atoms with Crippen molar-refractivity contribution in [3.05, 3.63) is 35.5 Å². The molecule has 2 amide bonds. The molecule has 0 atom stereocenters. The van der Waals surface area contributed by atoms with Crippen molar-refractivity contribution in [1.82, 2.24) is 14.8 Å². The van der Waals surface area contributed by atoms with Gasteiger partial charge >= 0.3 is 12.0 Å². The second kappa shape index (κ2) is 8.25. The zero-order valence-corrected chi connectivity index (χ0v) is 15.3. The third-order valence-corrected chi connectivity index (χ3v) is 5.19. The minimum atomic E-state index is -0.740. The van der Waals surface area contributed by atoms with E-state index in [4.69, 9.17) is 5.11 Å². The topological polar surface area (TPSA) is 74.6 Å². The Labute approximate surface area is 153 Å². The molecule has 26 heavy (non-hydrogen) atoms. The summed E-state index contributed by atoms with van der Waals surface area (Å²) in [6.07, 6.45) is 4.54. The Bertz CT molecular complexity index is 797. The van der Waals surface area contributed by atoms with Gasteiger partial charge in [0.15, 0.2) is 0 Å². The third kappa shape index (κ3) is 4.00. The number of nitrogens with one attached hydrogen (secondary N) is 1. The number of carboxylic acids is 1. The van der Waals surface area contributed by atoms with Gasteiger partial charge in [-0.2, -0.15) is 0 Å². The molecule has 0 saturated heterocycles. The quantitative estimate of drug-likeness (QED) is 0.747. The van der Waals surface area contributed by atoms with E-state index in [0.29, 0.717) is 19.5 Å². The summed E-state index contributed by atoms with van der Waals surface area (Å²) in [7, 11) is 2.10. The summed E-state index contributed by atoms with van der Waals surface area (Å²) in [5.74, 6) is -0.740. The molecule has 0 radical (unpaired) electrons. The van der Waals surface area contributed by atoms with E-state index in [1.54, 1.807) is 0 Å². The Balaban J connectivity index is 1.49. The molecular weight excluding hydrogens is 330 g/mol. The van der Waals surface area contributed by atoms with Gasteiger partial charge in [-0.1, -0.05) is 31.0 Å². The average Bonchev–Trinajstić information content (AvgIpc) is 2.93. The number of aromatic nitrogens is 1. The van der Waals surface area contributed by atoms with Crippen LogP contribution in [0.15, 0.2) is 24.3 Å². The molecule has 1 aliphatic rings. The predicted molar refractivity (Wildman–Crippen MR) is 101 cm³/mol. The summed E-state index contributed by atoms with van der Waals surface area (Å²) in [5, 5.41) is 12.8. The maximum atomic E-state index is 12.5. The summed E-state index contributed by atoms with van der Waals surface area (Å²) in [6.45, 7) is 2.04. The third-order valence-electron chi connectivity index (χ3n) is 5.19. The van der Waals surface area contributed by atoms with E-state index in [9.17, 15) is 9.59 Å². The molecule has 2 heterocycles. The van der Waals surface area contributed by atoms with Gasteiger partial charge in [0.25, 0.3) is 0 Å². The molecule has 6 nitrogen and oxygen atoms in total. The molecule has 0 fully saturated rings. The molecule has 1 aliphatic heterocycles. The van der Waals surface area contributed by atoms with Gasteiger partial charge in [0, 0.05) is 61.7 Å². The van der Waals surface area contributed by atoms with Crippen molar-refractivity contribution in [3.63, 3.8) is 0 Å². The fourth-order valence-corrected chi connectivity index (χ4v) is 3.77. The van der Waals surface area contributed by atoms with Crippen LogP contribution in [0, 0.1) is 0 Å². The first-order valence-corrected chi connectivity index (χ1v) is 9.37. The van der Waals surface area contributed by atoms with Crippen LogP contribution in [0.5, 0.6) is 0 Å². The summed E-state index contributed by atoms with van der Waals surface area (Å²) in [6, 6.07) is 8.35. The van der Waals surface area contributed by atoms with Crippen LogP contribution in [0.25, 0.3) is 10.9 Å². The number of hydrogen-bond acceptors (Lipinski definition) is 2. The van der Waals surface area contributed by atoms with Gasteiger partial charge < -0.3 is 19.9 Å². The maximum absolute atomic E-state index is 12.5. The first-order valence-electron chi connectivity index (χ1n) is 9.37. The van der Waals surface area contributed by atoms with Crippen molar-refractivity contribution in [2.24, 2.45) is 7.05 Å². The Morgan fingerprint density at radius 1 is 1.15 bits per heavy atom. The molecule has 0 unspecified atom stereocenters. The largest absolute Gasteiger partial charge is 0.481 e. The number of carbonyl (C=O) groups is 2. The van der Waals surface area contributed by atoms with E-state index in [1.807, 2.05) is 11.0 Å². The molecule has 1 aromatic heterocycles. The lowest BCUT2D eigenvalue weighted by atomic mass is 10.0. The van der Waals surface area contributed by atoms with E-state index in [2.05, 4.69) is 35.1 Å². The molecule has 2 aromatic rings. The van der Waals surface area contributed by atoms with Crippen LogP contribution < -0.4 is 5.32 Å². The van der Waals surface area contributed by atoms with Crippen molar-refractivity contribution in [1.29, 1.82) is 0 Å². The average molecular weight is 357 g/mol. The number of unbranched alkanes of at least 4 members (excludes halogenated alkanes) is 3. The number of hydrogen-bond donors (Lipinski definition) is 2. The number of aliphatic carboxylic acids is 1. The van der Waals surface area contributed by atoms with E-state index in [-0.39, 0.29) is 12.5 Å². The number of amides is 2. The van der Waals surface area contributed by atoms with Crippen LogP contribution in [-0.2, 0) is 24.8 Å². The highest BCUT2D eigenvalue weighted by molar-refractivity contribution is 5.86. The lowest BCUT2D eigenvalue weighted by Crippen LogP contribution is -2.43. The maximum Gasteiger partial charge on any atom is 0.317 e. The highest BCUT2D eigenvalue weighted by atomic mass is 16.4. The fraction of sp³-hybridized carbons (Fsp3) is 0.500. The molecule has 2 N–H and O–H groups in total. The molecule has 1 aromatic carbocycles. The standard InChI is InChI=1S/C20H27N3O3/c1-22-17-9-6-5-8-15(17)16-14-23(13-11-18(16)22)20(26)21-12-7-3-2-4-10-19(24)25/h5-6,8-9H,2-4,7,10-14H2,1H3,(H,21,26)(H,24,25). The predicted octanol–water partition coefficient (Wildman–Crippen LogP) is 3.28. The van der Waals surface area contributed by atoms with Crippen molar-refractivity contribution < 1.29 is 14.7 Å². The Morgan fingerprint density at radius 3 is 2.73 bits per heavy atom. The van der Waals surface area contributed by atoms with Crippen LogP contribution in [0.2, 0.25) is 0 Å². The van der Waals surface area contributed by atoms with Crippen LogP contribution in [-0.4, -0.2) is 39.7 Å². The minimum Gasteiger partial charge on any atom is -0.481 e. The number of carboxylic acid groups (broad SMARTS) is 1. The van der Waals surface area contributed by atoms with Gasteiger partial charge in [0.05, 0.1) is 0 Å². The summed E-state index contributed by atoms with van der Waals surface area (Å²) in [5.41, 5.74) is 3.81. The first-order chi connectivity index (χ1) is 12.6. The number of fused-ring (bicyclic) bond motifs is 3. The number of rotatable bonds is 7. The number of carbonyl (C=O) groups excluding carboxylic acids is 1. The van der Waals surface area contributed by atoms with E-state index >= 15 is 0 Å². The van der Waals surface area contributed by atoms with Gasteiger partial charge in [0.2, 0.25) is 0 Å². The lowest BCUT2D eigenvalue weighted by molar-refractivity contribution is -0.137. The summed E-state index contributed by atoms with van der Waals surface area (Å²) in [4.78, 5) is 24.8. The van der Waals surface area contributed by atoms with E-state index < -0.39 is 5.97 Å². The summed E-state index contributed by atoms with van der Waals surface area (Å²) >= 11 is 0. The number of aryl methyl sites for hydroxylation is 1. The van der Waals surface area contributed by atoms with Crippen LogP contribution in [0.1, 0.15) is 43.4 Å². The Morgan fingerprint density at radius 2 is 1.92 bits per heavy atom. The highest BCUT2D eigenvalue weighted by Crippen LogP contribution is 2.29. The first kappa shape index (κ1) is 18.3. The van der Waals surface area contributed by atoms with Crippen LogP contribution >= 0.6 is 0 Å². The zero-order valence-electron chi connectivity index (χ0n) is 15.3. The van der Waals surface area contributed by atoms with Gasteiger partial charge in [-0.05, 0) is 18.9 Å². The Kier molecular flexibility index (Phi) is 5.81. The molecular formula is C20H27N3O3. The SMILES string of the molecule is Cn1c2c(c3ccccc31)CN(C(=O)NCCCCCCC(=O)O)CC2.